The topological polar surface area (TPSA) is 66.1 Å². The Labute approximate surface area is 129 Å². The second-order valence-corrected chi connectivity index (χ2v) is 7.60. The van der Waals surface area contributed by atoms with Crippen LogP contribution in [0.2, 0.25) is 5.02 Å². The lowest BCUT2D eigenvalue weighted by molar-refractivity contribution is 0.255. The molecule has 1 aromatic heterocycles. The summed E-state index contributed by atoms with van der Waals surface area (Å²) >= 11 is 5.84. The van der Waals surface area contributed by atoms with E-state index in [1.54, 1.807) is 34.8 Å². The van der Waals surface area contributed by atoms with Crippen molar-refractivity contribution in [1.29, 1.82) is 0 Å². The van der Waals surface area contributed by atoms with Crippen molar-refractivity contribution in [2.24, 2.45) is 0 Å². The van der Waals surface area contributed by atoms with Crippen molar-refractivity contribution in [3.8, 4) is 0 Å². The molecule has 1 N–H and O–H groups in total. The molecular formula is C14H16ClN3O2S. The molecule has 0 spiro atoms. The van der Waals surface area contributed by atoms with E-state index in [9.17, 15) is 8.42 Å². The third-order valence-electron chi connectivity index (χ3n) is 3.91. The second kappa shape index (κ2) is 5.12. The highest BCUT2D eigenvalue weighted by molar-refractivity contribution is 7.89. The van der Waals surface area contributed by atoms with E-state index >= 15 is 0 Å². The molecule has 1 aromatic carbocycles. The molecule has 0 aliphatic carbocycles. The maximum Gasteiger partial charge on any atom is 0.243 e. The SMILES string of the molecule is CC1Cc2[nH]ncc2C(C)N1S(=O)(=O)c1ccc(Cl)cc1. The third-order valence-corrected chi connectivity index (χ3v) is 6.26. The number of hydrogen-bond acceptors (Lipinski definition) is 3. The number of sulfonamides is 1. The molecule has 1 aliphatic rings. The Balaban J connectivity index is 2.05. The first-order valence-electron chi connectivity index (χ1n) is 6.72. The standard InChI is InChI=1S/C14H16ClN3O2S/c1-9-7-14-13(8-16-17-14)10(2)18(9)21(19,20)12-5-3-11(15)4-6-12/h3-6,8-10H,7H2,1-2H3,(H,16,17). The summed E-state index contributed by atoms with van der Waals surface area (Å²) in [5.41, 5.74) is 1.95. The Morgan fingerprint density at radius 3 is 2.62 bits per heavy atom. The highest BCUT2D eigenvalue weighted by atomic mass is 35.5. The zero-order valence-electron chi connectivity index (χ0n) is 11.7. The van der Waals surface area contributed by atoms with Gasteiger partial charge in [-0.1, -0.05) is 11.6 Å². The molecule has 0 radical (unpaired) electrons. The Kier molecular flexibility index (Phi) is 3.55. The van der Waals surface area contributed by atoms with Crippen molar-refractivity contribution in [2.75, 3.05) is 0 Å². The van der Waals surface area contributed by atoms with Gasteiger partial charge in [-0.05, 0) is 38.1 Å². The molecule has 0 bridgehead atoms. The van der Waals surface area contributed by atoms with Crippen LogP contribution in [-0.2, 0) is 16.4 Å². The van der Waals surface area contributed by atoms with Crippen LogP contribution in [0.5, 0.6) is 0 Å². The van der Waals surface area contributed by atoms with Gasteiger partial charge in [0.2, 0.25) is 10.0 Å². The normalized spacial score (nSPS) is 23.0. The van der Waals surface area contributed by atoms with Crippen LogP contribution < -0.4 is 0 Å². The van der Waals surface area contributed by atoms with Crippen LogP contribution >= 0.6 is 11.6 Å². The van der Waals surface area contributed by atoms with E-state index < -0.39 is 10.0 Å². The molecule has 7 heteroatoms. The summed E-state index contributed by atoms with van der Waals surface area (Å²) in [6.07, 6.45) is 2.34. The van der Waals surface area contributed by atoms with E-state index in [0.717, 1.165) is 11.3 Å². The molecule has 0 saturated carbocycles. The minimum atomic E-state index is -3.56. The van der Waals surface area contributed by atoms with Gasteiger partial charge in [-0.3, -0.25) is 5.10 Å². The maximum atomic E-state index is 12.9. The monoisotopic (exact) mass is 325 g/mol. The summed E-state index contributed by atoms with van der Waals surface area (Å²) < 4.78 is 27.4. The Morgan fingerprint density at radius 2 is 1.95 bits per heavy atom. The molecule has 0 amide bonds. The van der Waals surface area contributed by atoms with Crippen molar-refractivity contribution in [1.82, 2.24) is 14.5 Å². The highest BCUT2D eigenvalue weighted by Gasteiger charge is 2.39. The Hall–Kier alpha value is -1.37. The number of fused-ring (bicyclic) bond motifs is 1. The summed E-state index contributed by atoms with van der Waals surface area (Å²) in [7, 11) is -3.56. The molecule has 21 heavy (non-hydrogen) atoms. The molecule has 112 valence electrons. The first-order chi connectivity index (χ1) is 9.91. The zero-order valence-corrected chi connectivity index (χ0v) is 13.3. The summed E-state index contributed by atoms with van der Waals surface area (Å²) in [6.45, 7) is 3.80. The van der Waals surface area contributed by atoms with Crippen molar-refractivity contribution in [2.45, 2.75) is 37.2 Å². The maximum absolute atomic E-state index is 12.9. The van der Waals surface area contributed by atoms with Gasteiger partial charge in [0.1, 0.15) is 0 Å². The number of aromatic amines is 1. The minimum absolute atomic E-state index is 0.131. The fourth-order valence-corrected chi connectivity index (χ4v) is 4.85. The molecule has 2 aromatic rings. The van der Waals surface area contributed by atoms with Crippen molar-refractivity contribution >= 4 is 21.6 Å². The van der Waals surface area contributed by atoms with E-state index in [0.29, 0.717) is 11.4 Å². The lowest BCUT2D eigenvalue weighted by Gasteiger charge is -2.37. The number of benzene rings is 1. The number of nitrogens with one attached hydrogen (secondary N) is 1. The van der Waals surface area contributed by atoms with E-state index in [-0.39, 0.29) is 17.0 Å². The van der Waals surface area contributed by atoms with Gasteiger partial charge in [0.25, 0.3) is 0 Å². The van der Waals surface area contributed by atoms with Crippen LogP contribution in [0.4, 0.5) is 0 Å². The molecular weight excluding hydrogens is 310 g/mol. The van der Waals surface area contributed by atoms with Crippen LogP contribution in [-0.4, -0.2) is 29.0 Å². The van der Waals surface area contributed by atoms with E-state index in [2.05, 4.69) is 10.2 Å². The van der Waals surface area contributed by atoms with Crippen molar-refractivity contribution in [3.63, 3.8) is 0 Å². The lowest BCUT2D eigenvalue weighted by atomic mass is 9.98. The van der Waals surface area contributed by atoms with Crippen LogP contribution in [0.25, 0.3) is 0 Å². The van der Waals surface area contributed by atoms with Crippen molar-refractivity contribution in [3.05, 3.63) is 46.7 Å². The van der Waals surface area contributed by atoms with Gasteiger partial charge >= 0.3 is 0 Å². The number of H-pyrrole nitrogens is 1. The highest BCUT2D eigenvalue weighted by Crippen LogP contribution is 2.36. The fourth-order valence-electron chi connectivity index (χ4n) is 2.92. The fraction of sp³-hybridized carbons (Fsp3) is 0.357. The average molecular weight is 326 g/mol. The second-order valence-electron chi connectivity index (χ2n) is 5.32. The molecule has 2 atom stereocenters. The predicted octanol–water partition coefficient (Wildman–Crippen LogP) is 2.76. The van der Waals surface area contributed by atoms with Crippen LogP contribution in [0, 0.1) is 0 Å². The van der Waals surface area contributed by atoms with Gasteiger partial charge in [0.05, 0.1) is 17.1 Å². The summed E-state index contributed by atoms with van der Waals surface area (Å²) in [6, 6.07) is 5.90. The van der Waals surface area contributed by atoms with E-state index in [1.807, 2.05) is 13.8 Å². The largest absolute Gasteiger partial charge is 0.282 e. The molecule has 2 unspecified atom stereocenters. The summed E-state index contributed by atoms with van der Waals surface area (Å²) in [4.78, 5) is 0.262. The van der Waals surface area contributed by atoms with Gasteiger partial charge in [-0.25, -0.2) is 8.42 Å². The summed E-state index contributed by atoms with van der Waals surface area (Å²) in [5, 5.41) is 7.49. The van der Waals surface area contributed by atoms with Gasteiger partial charge in [0, 0.05) is 28.7 Å². The molecule has 0 saturated heterocycles. The summed E-state index contributed by atoms with van der Waals surface area (Å²) in [5.74, 6) is 0. The van der Waals surface area contributed by atoms with Crippen molar-refractivity contribution < 1.29 is 8.42 Å². The van der Waals surface area contributed by atoms with E-state index in [1.165, 1.54) is 0 Å². The third kappa shape index (κ3) is 2.37. The smallest absolute Gasteiger partial charge is 0.243 e. The van der Waals surface area contributed by atoms with Gasteiger partial charge in [-0.15, -0.1) is 0 Å². The predicted molar refractivity (Wildman–Crippen MR) is 80.6 cm³/mol. The average Bonchev–Trinajstić information content (AvgIpc) is 2.87. The number of halogens is 1. The molecule has 0 fully saturated rings. The first-order valence-corrected chi connectivity index (χ1v) is 8.54. The molecule has 1 aliphatic heterocycles. The van der Waals surface area contributed by atoms with Crippen LogP contribution in [0.3, 0.4) is 0 Å². The Bertz CT molecular complexity index is 755. The number of nitrogens with zero attached hydrogens (tertiary/aromatic N) is 2. The van der Waals surface area contributed by atoms with Gasteiger partial charge in [0.15, 0.2) is 0 Å². The van der Waals surface area contributed by atoms with Gasteiger partial charge < -0.3 is 0 Å². The lowest BCUT2D eigenvalue weighted by Crippen LogP contribution is -2.44. The number of hydrogen-bond donors (Lipinski definition) is 1. The number of rotatable bonds is 2. The molecule has 2 heterocycles. The molecule has 5 nitrogen and oxygen atoms in total. The minimum Gasteiger partial charge on any atom is -0.282 e. The Morgan fingerprint density at radius 1 is 1.29 bits per heavy atom. The van der Waals surface area contributed by atoms with Crippen LogP contribution in [0.15, 0.2) is 35.4 Å². The first kappa shape index (κ1) is 14.6. The molecule has 3 rings (SSSR count). The number of aromatic nitrogens is 2. The van der Waals surface area contributed by atoms with Crippen LogP contribution in [0.1, 0.15) is 31.1 Å². The van der Waals surface area contributed by atoms with Gasteiger partial charge in [-0.2, -0.15) is 9.40 Å². The zero-order chi connectivity index (χ0) is 15.2. The quantitative estimate of drug-likeness (QED) is 0.923. The van der Waals surface area contributed by atoms with E-state index in [4.69, 9.17) is 11.6 Å².